The Morgan fingerprint density at radius 1 is 1.17 bits per heavy atom. The maximum Gasteiger partial charge on any atom is 0.122 e. The number of rotatable bonds is 7. The van der Waals surface area contributed by atoms with E-state index in [9.17, 15) is 0 Å². The minimum Gasteiger partial charge on any atom is -0.494 e. The third-order valence-electron chi connectivity index (χ3n) is 2.71. The summed E-state index contributed by atoms with van der Waals surface area (Å²) in [7, 11) is 0. The molecule has 0 amide bonds. The number of allylic oxidation sites excluding steroid dienone is 2. The second-order valence-corrected chi connectivity index (χ2v) is 4.34. The molecule has 2 heteroatoms. The first-order valence-electron chi connectivity index (χ1n) is 6.72. The summed E-state index contributed by atoms with van der Waals surface area (Å²) >= 11 is 0. The summed E-state index contributed by atoms with van der Waals surface area (Å²) in [5.74, 6) is 2.40. The van der Waals surface area contributed by atoms with E-state index in [1.165, 1.54) is 5.56 Å². The minimum absolute atomic E-state index is 0.506. The van der Waals surface area contributed by atoms with Gasteiger partial charge in [0, 0.05) is 0 Å². The Hall–Kier alpha value is -1.44. The quantitative estimate of drug-likeness (QED) is 0.672. The van der Waals surface area contributed by atoms with E-state index in [-0.39, 0.29) is 0 Å². The van der Waals surface area contributed by atoms with E-state index >= 15 is 0 Å². The van der Waals surface area contributed by atoms with Crippen LogP contribution in [0, 0.1) is 5.92 Å². The van der Waals surface area contributed by atoms with Gasteiger partial charge >= 0.3 is 0 Å². The Morgan fingerprint density at radius 2 is 1.89 bits per heavy atom. The van der Waals surface area contributed by atoms with E-state index < -0.39 is 0 Å². The lowest BCUT2D eigenvalue weighted by Gasteiger charge is -2.14. The first-order valence-corrected chi connectivity index (χ1v) is 6.72. The molecule has 0 saturated carbocycles. The van der Waals surface area contributed by atoms with Crippen LogP contribution in [0.3, 0.4) is 0 Å². The summed E-state index contributed by atoms with van der Waals surface area (Å²) < 4.78 is 11.2. The lowest BCUT2D eigenvalue weighted by atomic mass is 9.99. The Balaban J connectivity index is 2.91. The predicted octanol–water partition coefficient (Wildman–Crippen LogP) is 4.24. The van der Waals surface area contributed by atoms with Gasteiger partial charge in [0.25, 0.3) is 0 Å². The Morgan fingerprint density at radius 3 is 2.50 bits per heavy atom. The molecule has 0 N–H and O–H groups in total. The molecule has 1 aromatic rings. The van der Waals surface area contributed by atoms with Crippen LogP contribution < -0.4 is 9.47 Å². The lowest BCUT2D eigenvalue weighted by molar-refractivity contribution is 0.326. The zero-order valence-electron chi connectivity index (χ0n) is 11.9. The fraction of sp³-hybridized carbons (Fsp3) is 0.500. The lowest BCUT2D eigenvalue weighted by Crippen LogP contribution is -2.02. The summed E-state index contributed by atoms with van der Waals surface area (Å²) in [4.78, 5) is 0. The number of hydrogen-bond donors (Lipinski definition) is 0. The molecule has 0 fully saturated rings. The van der Waals surface area contributed by atoms with E-state index in [0.717, 1.165) is 17.9 Å². The third kappa shape index (κ3) is 4.44. The second kappa shape index (κ2) is 7.80. The predicted molar refractivity (Wildman–Crippen MR) is 76.5 cm³/mol. The fourth-order valence-corrected chi connectivity index (χ4v) is 2.01. The number of ether oxygens (including phenoxy) is 2. The smallest absolute Gasteiger partial charge is 0.122 e. The maximum atomic E-state index is 5.67. The first-order chi connectivity index (χ1) is 8.71. The van der Waals surface area contributed by atoms with Gasteiger partial charge in [0.15, 0.2) is 0 Å². The van der Waals surface area contributed by atoms with Crippen molar-refractivity contribution >= 4 is 0 Å². The van der Waals surface area contributed by atoms with E-state index in [1.807, 2.05) is 26.0 Å². The van der Waals surface area contributed by atoms with Crippen molar-refractivity contribution in [2.45, 2.75) is 34.1 Å². The monoisotopic (exact) mass is 248 g/mol. The van der Waals surface area contributed by atoms with Crippen molar-refractivity contribution in [1.29, 1.82) is 0 Å². The molecule has 0 heterocycles. The maximum absolute atomic E-state index is 5.67. The average Bonchev–Trinajstić information content (AvgIpc) is 2.33. The van der Waals surface area contributed by atoms with Crippen LogP contribution in [0.15, 0.2) is 30.4 Å². The van der Waals surface area contributed by atoms with Gasteiger partial charge in [-0.25, -0.2) is 0 Å². The van der Waals surface area contributed by atoms with Gasteiger partial charge in [-0.2, -0.15) is 0 Å². The summed E-state index contributed by atoms with van der Waals surface area (Å²) in [5.41, 5.74) is 1.22. The molecule has 0 aliphatic heterocycles. The summed E-state index contributed by atoms with van der Waals surface area (Å²) in [6, 6.07) is 6.07. The molecule has 1 unspecified atom stereocenters. The number of hydrogen-bond acceptors (Lipinski definition) is 2. The zero-order chi connectivity index (χ0) is 13.4. The van der Waals surface area contributed by atoms with Crippen LogP contribution in [-0.2, 0) is 6.42 Å². The van der Waals surface area contributed by atoms with E-state index in [1.54, 1.807) is 0 Å². The average molecular weight is 248 g/mol. The van der Waals surface area contributed by atoms with Gasteiger partial charge in [0.1, 0.15) is 11.5 Å². The molecular formula is C16H24O2. The molecule has 0 saturated heterocycles. The highest BCUT2D eigenvalue weighted by atomic mass is 16.5. The van der Waals surface area contributed by atoms with Crippen molar-refractivity contribution in [3.63, 3.8) is 0 Å². The van der Waals surface area contributed by atoms with Crippen molar-refractivity contribution in [1.82, 2.24) is 0 Å². The van der Waals surface area contributed by atoms with E-state index in [4.69, 9.17) is 9.47 Å². The zero-order valence-corrected chi connectivity index (χ0v) is 11.9. The standard InChI is InChI=1S/C16H24O2/c1-5-8-13(4)11-14-12-15(17-6-2)9-10-16(14)18-7-3/h5,8-10,12-13H,6-7,11H2,1-4H3/b8-5-. The molecule has 100 valence electrons. The van der Waals surface area contributed by atoms with Crippen molar-refractivity contribution < 1.29 is 9.47 Å². The highest BCUT2D eigenvalue weighted by Crippen LogP contribution is 2.27. The topological polar surface area (TPSA) is 18.5 Å². The van der Waals surface area contributed by atoms with Gasteiger partial charge in [-0.05, 0) is 56.9 Å². The van der Waals surface area contributed by atoms with Crippen molar-refractivity contribution in [3.8, 4) is 11.5 Å². The molecular weight excluding hydrogens is 224 g/mol. The van der Waals surface area contributed by atoms with Crippen molar-refractivity contribution in [2.24, 2.45) is 5.92 Å². The highest BCUT2D eigenvalue weighted by molar-refractivity contribution is 5.40. The Bertz CT molecular complexity index is 383. The fourth-order valence-electron chi connectivity index (χ4n) is 2.01. The Labute approximate surface area is 111 Å². The highest BCUT2D eigenvalue weighted by Gasteiger charge is 2.08. The van der Waals surface area contributed by atoms with Gasteiger partial charge in [-0.1, -0.05) is 19.1 Å². The minimum atomic E-state index is 0.506. The first kappa shape index (κ1) is 14.6. The largest absolute Gasteiger partial charge is 0.494 e. The number of benzene rings is 1. The van der Waals surface area contributed by atoms with Crippen LogP contribution in [0.25, 0.3) is 0 Å². The van der Waals surface area contributed by atoms with Crippen LogP contribution >= 0.6 is 0 Å². The van der Waals surface area contributed by atoms with Crippen LogP contribution in [0.2, 0.25) is 0 Å². The molecule has 1 rings (SSSR count). The van der Waals surface area contributed by atoms with Crippen LogP contribution in [0.4, 0.5) is 0 Å². The second-order valence-electron chi connectivity index (χ2n) is 4.34. The van der Waals surface area contributed by atoms with Crippen molar-refractivity contribution in [3.05, 3.63) is 35.9 Å². The SMILES string of the molecule is C/C=C\C(C)Cc1cc(OCC)ccc1OCC. The van der Waals surface area contributed by atoms with Crippen LogP contribution in [0.5, 0.6) is 11.5 Å². The summed E-state index contributed by atoms with van der Waals surface area (Å²) in [5, 5.41) is 0. The Kier molecular flexibility index (Phi) is 6.34. The molecule has 0 radical (unpaired) electrons. The van der Waals surface area contributed by atoms with Gasteiger partial charge in [0.05, 0.1) is 13.2 Å². The van der Waals surface area contributed by atoms with Crippen molar-refractivity contribution in [2.75, 3.05) is 13.2 Å². The molecule has 0 aliphatic carbocycles. The molecule has 0 spiro atoms. The van der Waals surface area contributed by atoms with Crippen LogP contribution in [-0.4, -0.2) is 13.2 Å². The van der Waals surface area contributed by atoms with Crippen LogP contribution in [0.1, 0.15) is 33.3 Å². The van der Waals surface area contributed by atoms with Gasteiger partial charge in [0.2, 0.25) is 0 Å². The third-order valence-corrected chi connectivity index (χ3v) is 2.71. The van der Waals surface area contributed by atoms with Gasteiger partial charge in [-0.15, -0.1) is 0 Å². The normalized spacial score (nSPS) is 12.7. The van der Waals surface area contributed by atoms with E-state index in [0.29, 0.717) is 19.1 Å². The molecule has 2 nitrogen and oxygen atoms in total. The molecule has 18 heavy (non-hydrogen) atoms. The molecule has 0 aromatic heterocycles. The molecule has 1 atom stereocenters. The van der Waals surface area contributed by atoms with E-state index in [2.05, 4.69) is 32.1 Å². The summed E-state index contributed by atoms with van der Waals surface area (Å²) in [6.45, 7) is 9.66. The molecule has 0 bridgehead atoms. The molecule has 0 aliphatic rings. The van der Waals surface area contributed by atoms with Gasteiger partial charge in [-0.3, -0.25) is 0 Å². The molecule has 1 aromatic carbocycles. The summed E-state index contributed by atoms with van der Waals surface area (Å²) in [6.07, 6.45) is 5.28. The van der Waals surface area contributed by atoms with Gasteiger partial charge < -0.3 is 9.47 Å².